The van der Waals surface area contributed by atoms with Gasteiger partial charge in [-0.15, -0.1) is 0 Å². The fourth-order valence-corrected chi connectivity index (χ4v) is 0.706. The number of allylic oxidation sites excluding steroid dienone is 2. The predicted molar refractivity (Wildman–Crippen MR) is 42.8 cm³/mol. The van der Waals surface area contributed by atoms with Gasteiger partial charge in [0.2, 0.25) is 0 Å². The lowest BCUT2D eigenvalue weighted by atomic mass is 10.1. The Kier molecular flexibility index (Phi) is 4.76. The molecule has 2 N–H and O–H groups in total. The van der Waals surface area contributed by atoms with Crippen molar-refractivity contribution in [3.05, 3.63) is 12.2 Å². The number of carboxylic acids is 2. The summed E-state index contributed by atoms with van der Waals surface area (Å²) >= 11 is 0. The largest absolute Gasteiger partial charge is 0.481 e. The number of rotatable bonds is 5. The molecule has 0 aromatic heterocycles. The Balaban J connectivity index is 4.06. The second-order valence-electron chi connectivity index (χ2n) is 2.34. The molecule has 0 aliphatic heterocycles. The number of hydrogen-bond acceptors (Lipinski definition) is 2. The van der Waals surface area contributed by atoms with Crippen molar-refractivity contribution in [1.82, 2.24) is 0 Å². The molecule has 4 heteroatoms. The van der Waals surface area contributed by atoms with Crippen LogP contribution >= 0.6 is 0 Å². The van der Waals surface area contributed by atoms with Crippen LogP contribution in [0, 0.1) is 5.92 Å². The van der Waals surface area contributed by atoms with Crippen molar-refractivity contribution in [2.75, 3.05) is 0 Å². The lowest BCUT2D eigenvalue weighted by molar-refractivity contribution is -0.154. The molecule has 68 valence electrons. The molecule has 0 fully saturated rings. The van der Waals surface area contributed by atoms with E-state index in [9.17, 15) is 9.59 Å². The van der Waals surface area contributed by atoms with Gasteiger partial charge in [0.05, 0.1) is 0 Å². The molecular weight excluding hydrogens is 160 g/mol. The molecule has 0 aromatic rings. The minimum atomic E-state index is -1.31. The average Bonchev–Trinajstić information content (AvgIpc) is 1.96. The quantitative estimate of drug-likeness (QED) is 0.481. The minimum Gasteiger partial charge on any atom is -0.481 e. The predicted octanol–water partition coefficient (Wildman–Crippen LogP) is 1.13. The highest BCUT2D eigenvalue weighted by molar-refractivity contribution is 5.92. The van der Waals surface area contributed by atoms with E-state index in [0.29, 0.717) is 0 Å². The highest BCUT2D eigenvalue weighted by Crippen LogP contribution is 2.04. The van der Waals surface area contributed by atoms with Crippen LogP contribution in [-0.2, 0) is 9.59 Å². The van der Waals surface area contributed by atoms with Crippen molar-refractivity contribution in [1.29, 1.82) is 0 Å². The summed E-state index contributed by atoms with van der Waals surface area (Å²) < 4.78 is 0. The molecule has 0 unspecified atom stereocenters. The lowest BCUT2D eigenvalue weighted by Gasteiger charge is -2.01. The fourth-order valence-electron chi connectivity index (χ4n) is 0.706. The van der Waals surface area contributed by atoms with Crippen molar-refractivity contribution >= 4 is 11.9 Å². The van der Waals surface area contributed by atoms with Gasteiger partial charge in [-0.25, -0.2) is 0 Å². The third-order valence-electron chi connectivity index (χ3n) is 1.37. The van der Waals surface area contributed by atoms with Crippen LogP contribution in [0.1, 0.15) is 19.8 Å². The van der Waals surface area contributed by atoms with Crippen LogP contribution in [0.3, 0.4) is 0 Å². The number of aliphatic carboxylic acids is 2. The summed E-state index contributed by atoms with van der Waals surface area (Å²) in [5.74, 6) is -3.89. The monoisotopic (exact) mass is 172 g/mol. The maximum absolute atomic E-state index is 10.3. The topological polar surface area (TPSA) is 74.6 Å². The summed E-state index contributed by atoms with van der Waals surface area (Å²) in [6, 6.07) is 0. The number of carbonyl (C=O) groups is 2. The van der Waals surface area contributed by atoms with Gasteiger partial charge in [-0.2, -0.15) is 0 Å². The second kappa shape index (κ2) is 5.35. The lowest BCUT2D eigenvalue weighted by Crippen LogP contribution is -2.22. The summed E-state index contributed by atoms with van der Waals surface area (Å²) in [7, 11) is 0. The normalized spacial score (nSPS) is 10.8. The zero-order valence-electron chi connectivity index (χ0n) is 6.86. The Hall–Kier alpha value is -1.32. The van der Waals surface area contributed by atoms with Gasteiger partial charge in [0.15, 0.2) is 5.92 Å². The van der Waals surface area contributed by atoms with Gasteiger partial charge in [0.1, 0.15) is 0 Å². The van der Waals surface area contributed by atoms with Crippen molar-refractivity contribution in [3.8, 4) is 0 Å². The van der Waals surface area contributed by atoms with Crippen LogP contribution in [0.15, 0.2) is 12.2 Å². The summed E-state index contributed by atoms with van der Waals surface area (Å²) in [4.78, 5) is 20.6. The third-order valence-corrected chi connectivity index (χ3v) is 1.37. The van der Waals surface area contributed by atoms with Crippen molar-refractivity contribution in [3.63, 3.8) is 0 Å². The Morgan fingerprint density at radius 1 is 1.25 bits per heavy atom. The maximum atomic E-state index is 10.3. The first-order valence-electron chi connectivity index (χ1n) is 3.70. The summed E-state index contributed by atoms with van der Waals surface area (Å²) in [6.07, 6.45) is 4.16. The summed E-state index contributed by atoms with van der Waals surface area (Å²) in [5, 5.41) is 16.9. The van der Waals surface area contributed by atoms with Crippen LogP contribution in [0.4, 0.5) is 0 Å². The van der Waals surface area contributed by atoms with Gasteiger partial charge >= 0.3 is 11.9 Å². The molecule has 0 heterocycles. The van der Waals surface area contributed by atoms with E-state index >= 15 is 0 Å². The first kappa shape index (κ1) is 10.7. The molecule has 0 saturated heterocycles. The Bertz CT molecular complexity index is 181. The van der Waals surface area contributed by atoms with E-state index in [4.69, 9.17) is 10.2 Å². The molecule has 0 rings (SSSR count). The smallest absolute Gasteiger partial charge is 0.318 e. The van der Waals surface area contributed by atoms with Crippen LogP contribution in [0.25, 0.3) is 0 Å². The molecular formula is C8H12O4. The van der Waals surface area contributed by atoms with E-state index in [0.717, 1.165) is 6.42 Å². The van der Waals surface area contributed by atoms with Gasteiger partial charge in [-0.05, 0) is 12.8 Å². The Morgan fingerprint density at radius 3 is 2.08 bits per heavy atom. The van der Waals surface area contributed by atoms with Gasteiger partial charge in [0, 0.05) is 0 Å². The van der Waals surface area contributed by atoms with Gasteiger partial charge in [-0.1, -0.05) is 19.1 Å². The molecule has 0 bridgehead atoms. The van der Waals surface area contributed by atoms with Crippen LogP contribution in [0.2, 0.25) is 0 Å². The molecule has 0 atom stereocenters. The fraction of sp³-hybridized carbons (Fsp3) is 0.500. The molecule has 0 spiro atoms. The van der Waals surface area contributed by atoms with E-state index in [1.165, 1.54) is 0 Å². The van der Waals surface area contributed by atoms with Crippen molar-refractivity contribution < 1.29 is 19.8 Å². The molecule has 0 amide bonds. The van der Waals surface area contributed by atoms with E-state index in [1.54, 1.807) is 12.2 Å². The van der Waals surface area contributed by atoms with E-state index in [-0.39, 0.29) is 6.42 Å². The molecule has 4 nitrogen and oxygen atoms in total. The zero-order valence-corrected chi connectivity index (χ0v) is 6.86. The average molecular weight is 172 g/mol. The minimum absolute atomic E-state index is 0.0541. The SMILES string of the molecule is CC/C=C/CC(C(=O)O)C(=O)O. The van der Waals surface area contributed by atoms with Crippen LogP contribution in [-0.4, -0.2) is 22.2 Å². The summed E-state index contributed by atoms with van der Waals surface area (Å²) in [5.41, 5.74) is 0. The number of hydrogen-bond donors (Lipinski definition) is 2. The standard InChI is InChI=1S/C8H12O4/c1-2-3-4-5-6(7(9)10)8(11)12/h3-4,6H,2,5H2,1H3,(H,9,10)(H,11,12)/b4-3+. The van der Waals surface area contributed by atoms with Gasteiger partial charge in [-0.3, -0.25) is 9.59 Å². The summed E-state index contributed by atoms with van der Waals surface area (Å²) in [6.45, 7) is 1.90. The van der Waals surface area contributed by atoms with E-state index in [1.807, 2.05) is 6.92 Å². The first-order valence-corrected chi connectivity index (χ1v) is 3.70. The molecule has 0 aromatic carbocycles. The maximum Gasteiger partial charge on any atom is 0.318 e. The molecule has 0 aliphatic rings. The van der Waals surface area contributed by atoms with E-state index < -0.39 is 17.9 Å². The Morgan fingerprint density at radius 2 is 1.75 bits per heavy atom. The van der Waals surface area contributed by atoms with Gasteiger partial charge in [0.25, 0.3) is 0 Å². The van der Waals surface area contributed by atoms with E-state index in [2.05, 4.69) is 0 Å². The molecule has 0 aliphatic carbocycles. The molecule has 12 heavy (non-hydrogen) atoms. The molecule has 0 radical (unpaired) electrons. The third kappa shape index (κ3) is 3.75. The zero-order chi connectivity index (χ0) is 9.56. The highest BCUT2D eigenvalue weighted by Gasteiger charge is 2.23. The first-order chi connectivity index (χ1) is 5.59. The number of carboxylic acid groups (broad SMARTS) is 2. The van der Waals surface area contributed by atoms with Crippen LogP contribution < -0.4 is 0 Å². The Labute approximate surface area is 70.5 Å². The van der Waals surface area contributed by atoms with Gasteiger partial charge < -0.3 is 10.2 Å². The molecule has 0 saturated carbocycles. The second-order valence-corrected chi connectivity index (χ2v) is 2.34. The van der Waals surface area contributed by atoms with Crippen LogP contribution in [0.5, 0.6) is 0 Å². The van der Waals surface area contributed by atoms with Crippen molar-refractivity contribution in [2.24, 2.45) is 5.92 Å². The highest BCUT2D eigenvalue weighted by atomic mass is 16.4. The van der Waals surface area contributed by atoms with Crippen molar-refractivity contribution in [2.45, 2.75) is 19.8 Å².